The van der Waals surface area contributed by atoms with Crippen LogP contribution in [0.4, 0.5) is 5.82 Å². The van der Waals surface area contributed by atoms with Crippen LogP contribution in [-0.4, -0.2) is 53.8 Å². The molecule has 0 radical (unpaired) electrons. The second-order valence-electron chi connectivity index (χ2n) is 6.08. The average Bonchev–Trinajstić information content (AvgIpc) is 2.55. The molecule has 22 heavy (non-hydrogen) atoms. The summed E-state index contributed by atoms with van der Waals surface area (Å²) in [4.78, 5) is 11.6. The maximum Gasteiger partial charge on any atom is 0.145 e. The Morgan fingerprint density at radius 2 is 1.91 bits per heavy atom. The van der Waals surface area contributed by atoms with Gasteiger partial charge in [0.25, 0.3) is 0 Å². The third kappa shape index (κ3) is 3.54. The number of nitrogens with one attached hydrogen (secondary N) is 1. The molecule has 0 amide bonds. The van der Waals surface area contributed by atoms with Crippen LogP contribution in [0.1, 0.15) is 13.8 Å². The molecule has 1 unspecified atom stereocenters. The van der Waals surface area contributed by atoms with E-state index in [-0.39, 0.29) is 0 Å². The summed E-state index contributed by atoms with van der Waals surface area (Å²) >= 11 is 0. The predicted octanol–water partition coefficient (Wildman–Crippen LogP) is 2.40. The monoisotopic (exact) mass is 300 g/mol. The molecule has 1 saturated heterocycles. The molecule has 1 aliphatic rings. The Morgan fingerprint density at radius 3 is 2.64 bits per heavy atom. The van der Waals surface area contributed by atoms with Crippen LogP contribution >= 0.6 is 0 Å². The molecule has 118 valence electrons. The van der Waals surface area contributed by atoms with Gasteiger partial charge in [0.15, 0.2) is 0 Å². The molecule has 0 aliphatic carbocycles. The zero-order valence-corrected chi connectivity index (χ0v) is 13.3. The van der Waals surface area contributed by atoms with Crippen molar-refractivity contribution in [1.82, 2.24) is 14.9 Å². The maximum atomic E-state index is 5.46. The molecule has 2 aromatic rings. The van der Waals surface area contributed by atoms with Crippen molar-refractivity contribution in [3.8, 4) is 0 Å². The summed E-state index contributed by atoms with van der Waals surface area (Å²) in [5, 5.41) is 3.46. The standard InChI is InChI=1S/C17H24N4O/c1-13(2)16(21-7-9-22-10-8-21)11-19-17-12-18-14-5-3-4-6-15(14)20-17/h3-6,12-13,16H,7-11H2,1-2H3,(H,19,20). The number of aromatic nitrogens is 2. The number of fused-ring (bicyclic) bond motifs is 1. The van der Waals surface area contributed by atoms with Crippen LogP contribution in [0.2, 0.25) is 0 Å². The van der Waals surface area contributed by atoms with Crippen LogP contribution in [0, 0.1) is 5.92 Å². The van der Waals surface area contributed by atoms with Crippen molar-refractivity contribution < 1.29 is 4.74 Å². The fourth-order valence-electron chi connectivity index (χ4n) is 2.95. The molecule has 1 N–H and O–H groups in total. The maximum absolute atomic E-state index is 5.46. The Bertz CT molecular complexity index is 610. The summed E-state index contributed by atoms with van der Waals surface area (Å²) in [5.74, 6) is 1.43. The van der Waals surface area contributed by atoms with Crippen molar-refractivity contribution in [2.24, 2.45) is 5.92 Å². The smallest absolute Gasteiger partial charge is 0.145 e. The van der Waals surface area contributed by atoms with E-state index in [0.717, 1.165) is 49.7 Å². The Labute approximate surface area is 131 Å². The SMILES string of the molecule is CC(C)C(CNc1cnc2ccccc2n1)N1CCOCC1. The van der Waals surface area contributed by atoms with Crippen molar-refractivity contribution in [2.45, 2.75) is 19.9 Å². The van der Waals surface area contributed by atoms with Gasteiger partial charge in [-0.2, -0.15) is 0 Å². The molecule has 1 fully saturated rings. The van der Waals surface area contributed by atoms with E-state index in [9.17, 15) is 0 Å². The minimum absolute atomic E-state index is 0.483. The lowest BCUT2D eigenvalue weighted by Crippen LogP contribution is -2.49. The molecule has 3 rings (SSSR count). The molecule has 5 nitrogen and oxygen atoms in total. The Morgan fingerprint density at radius 1 is 1.18 bits per heavy atom. The molecule has 5 heteroatoms. The van der Waals surface area contributed by atoms with Crippen LogP contribution in [0.3, 0.4) is 0 Å². The number of para-hydroxylation sites is 2. The van der Waals surface area contributed by atoms with Gasteiger partial charge in [0.1, 0.15) is 5.82 Å². The normalized spacial score (nSPS) is 17.8. The number of nitrogens with zero attached hydrogens (tertiary/aromatic N) is 3. The van der Waals surface area contributed by atoms with Gasteiger partial charge in [-0.3, -0.25) is 9.88 Å². The summed E-state index contributed by atoms with van der Waals surface area (Å²) in [7, 11) is 0. The minimum atomic E-state index is 0.483. The van der Waals surface area contributed by atoms with E-state index in [2.05, 4.69) is 34.0 Å². The summed E-state index contributed by atoms with van der Waals surface area (Å²) in [6.07, 6.45) is 1.82. The van der Waals surface area contributed by atoms with Gasteiger partial charge >= 0.3 is 0 Å². The first kappa shape index (κ1) is 15.2. The molecule has 1 aromatic heterocycles. The zero-order valence-electron chi connectivity index (χ0n) is 13.3. The van der Waals surface area contributed by atoms with Gasteiger partial charge in [-0.15, -0.1) is 0 Å². The summed E-state index contributed by atoms with van der Waals surface area (Å²) in [6.45, 7) is 9.10. The van der Waals surface area contributed by atoms with Crippen LogP contribution in [0.5, 0.6) is 0 Å². The topological polar surface area (TPSA) is 50.3 Å². The highest BCUT2D eigenvalue weighted by molar-refractivity contribution is 5.75. The molecular formula is C17H24N4O. The highest BCUT2D eigenvalue weighted by Gasteiger charge is 2.23. The predicted molar refractivity (Wildman–Crippen MR) is 89.0 cm³/mol. The van der Waals surface area contributed by atoms with E-state index in [0.29, 0.717) is 12.0 Å². The fourth-order valence-corrected chi connectivity index (χ4v) is 2.95. The van der Waals surface area contributed by atoms with Crippen LogP contribution in [0.25, 0.3) is 11.0 Å². The molecule has 2 heterocycles. The summed E-state index contributed by atoms with van der Waals surface area (Å²) < 4.78 is 5.46. The Balaban J connectivity index is 1.67. The molecular weight excluding hydrogens is 276 g/mol. The Hall–Kier alpha value is -1.72. The van der Waals surface area contributed by atoms with Crippen molar-refractivity contribution in [1.29, 1.82) is 0 Å². The number of ether oxygens (including phenoxy) is 1. The highest BCUT2D eigenvalue weighted by atomic mass is 16.5. The molecule has 1 aromatic carbocycles. The van der Waals surface area contributed by atoms with Crippen molar-refractivity contribution in [3.63, 3.8) is 0 Å². The second-order valence-corrected chi connectivity index (χ2v) is 6.08. The first-order valence-electron chi connectivity index (χ1n) is 8.01. The van der Waals surface area contributed by atoms with Gasteiger partial charge in [-0.05, 0) is 18.1 Å². The first-order chi connectivity index (χ1) is 10.7. The highest BCUT2D eigenvalue weighted by Crippen LogP contribution is 2.15. The number of morpholine rings is 1. The van der Waals surface area contributed by atoms with Crippen LogP contribution in [-0.2, 0) is 4.74 Å². The van der Waals surface area contributed by atoms with Gasteiger partial charge in [0.2, 0.25) is 0 Å². The molecule has 0 bridgehead atoms. The lowest BCUT2D eigenvalue weighted by molar-refractivity contribution is 0.00953. The molecule has 1 atom stereocenters. The minimum Gasteiger partial charge on any atom is -0.379 e. The lowest BCUT2D eigenvalue weighted by atomic mass is 10.0. The van der Waals surface area contributed by atoms with Crippen LogP contribution in [0.15, 0.2) is 30.5 Å². The molecule has 1 aliphatic heterocycles. The third-order valence-electron chi connectivity index (χ3n) is 4.23. The van der Waals surface area contributed by atoms with Gasteiger partial charge in [-0.25, -0.2) is 4.98 Å². The lowest BCUT2D eigenvalue weighted by Gasteiger charge is -2.37. The number of anilines is 1. The van der Waals surface area contributed by atoms with E-state index in [4.69, 9.17) is 4.74 Å². The second kappa shape index (κ2) is 7.03. The van der Waals surface area contributed by atoms with E-state index >= 15 is 0 Å². The van der Waals surface area contributed by atoms with Gasteiger partial charge in [0.05, 0.1) is 30.4 Å². The van der Waals surface area contributed by atoms with E-state index in [1.54, 1.807) is 0 Å². The first-order valence-corrected chi connectivity index (χ1v) is 8.01. The molecule has 0 spiro atoms. The van der Waals surface area contributed by atoms with Gasteiger partial charge in [-0.1, -0.05) is 26.0 Å². The summed E-state index contributed by atoms with van der Waals surface area (Å²) in [5.41, 5.74) is 1.86. The largest absolute Gasteiger partial charge is 0.379 e. The Kier molecular flexibility index (Phi) is 4.85. The number of rotatable bonds is 5. The number of hydrogen-bond acceptors (Lipinski definition) is 5. The van der Waals surface area contributed by atoms with E-state index in [1.807, 2.05) is 30.5 Å². The third-order valence-corrected chi connectivity index (χ3v) is 4.23. The van der Waals surface area contributed by atoms with Crippen molar-refractivity contribution in [3.05, 3.63) is 30.5 Å². The number of hydrogen-bond donors (Lipinski definition) is 1. The van der Waals surface area contributed by atoms with Gasteiger partial charge in [0, 0.05) is 25.7 Å². The molecule has 0 saturated carbocycles. The van der Waals surface area contributed by atoms with Crippen LogP contribution < -0.4 is 5.32 Å². The van der Waals surface area contributed by atoms with Crippen molar-refractivity contribution >= 4 is 16.9 Å². The quantitative estimate of drug-likeness (QED) is 0.919. The average molecular weight is 300 g/mol. The van der Waals surface area contributed by atoms with E-state index in [1.165, 1.54) is 0 Å². The fraction of sp³-hybridized carbons (Fsp3) is 0.529. The van der Waals surface area contributed by atoms with E-state index < -0.39 is 0 Å². The number of benzene rings is 1. The summed E-state index contributed by atoms with van der Waals surface area (Å²) in [6, 6.07) is 8.44. The zero-order chi connectivity index (χ0) is 15.4. The van der Waals surface area contributed by atoms with Crippen molar-refractivity contribution in [2.75, 3.05) is 38.2 Å². The van der Waals surface area contributed by atoms with Gasteiger partial charge < -0.3 is 10.1 Å².